The van der Waals surface area contributed by atoms with Gasteiger partial charge in [-0.3, -0.25) is 0 Å². The van der Waals surface area contributed by atoms with E-state index in [-0.39, 0.29) is 6.04 Å². The summed E-state index contributed by atoms with van der Waals surface area (Å²) >= 11 is 0. The molecule has 1 aromatic rings. The van der Waals surface area contributed by atoms with Crippen molar-refractivity contribution in [3.8, 4) is 0 Å². The topological polar surface area (TPSA) is 46.2 Å². The van der Waals surface area contributed by atoms with Gasteiger partial charge in [0, 0.05) is 6.04 Å². The lowest BCUT2D eigenvalue weighted by Crippen LogP contribution is -2.33. The minimum atomic E-state index is -0.543. The van der Waals surface area contributed by atoms with Crippen LogP contribution in [-0.2, 0) is 0 Å². The SMILES string of the molecule is CC(C)C(N)C(O)c1cccc(C2CC2)c1. The minimum Gasteiger partial charge on any atom is -0.387 e. The van der Waals surface area contributed by atoms with Crippen LogP contribution in [0.1, 0.15) is 49.8 Å². The minimum absolute atomic E-state index is 0.186. The molecule has 0 aromatic heterocycles. The van der Waals surface area contributed by atoms with Gasteiger partial charge in [0.15, 0.2) is 0 Å². The Hall–Kier alpha value is -0.860. The molecule has 0 heterocycles. The molecule has 0 aliphatic heterocycles. The predicted octanol–water partition coefficient (Wildman–Crippen LogP) is 2.58. The van der Waals surface area contributed by atoms with E-state index in [9.17, 15) is 5.11 Å². The molecule has 2 nitrogen and oxygen atoms in total. The third kappa shape index (κ3) is 2.45. The highest BCUT2D eigenvalue weighted by Gasteiger charge is 2.25. The molecule has 1 aliphatic carbocycles. The van der Waals surface area contributed by atoms with Gasteiger partial charge in [-0.25, -0.2) is 0 Å². The van der Waals surface area contributed by atoms with Crippen LogP contribution in [0.5, 0.6) is 0 Å². The molecule has 2 heteroatoms. The summed E-state index contributed by atoms with van der Waals surface area (Å²) in [5.41, 5.74) is 8.30. The van der Waals surface area contributed by atoms with Crippen molar-refractivity contribution >= 4 is 0 Å². The number of benzene rings is 1. The first-order chi connectivity index (χ1) is 7.59. The average Bonchev–Trinajstić information content (AvgIpc) is 3.11. The van der Waals surface area contributed by atoms with Crippen LogP contribution in [-0.4, -0.2) is 11.1 Å². The molecule has 1 fully saturated rings. The summed E-state index contributed by atoms with van der Waals surface area (Å²) in [6.07, 6.45) is 2.03. The van der Waals surface area contributed by atoms with E-state index >= 15 is 0 Å². The quantitative estimate of drug-likeness (QED) is 0.817. The van der Waals surface area contributed by atoms with Gasteiger partial charge in [-0.2, -0.15) is 0 Å². The molecule has 0 saturated heterocycles. The second-order valence-corrected chi connectivity index (χ2v) is 5.21. The second kappa shape index (κ2) is 4.56. The zero-order valence-electron chi connectivity index (χ0n) is 10.1. The highest BCUT2D eigenvalue weighted by molar-refractivity contribution is 5.30. The summed E-state index contributed by atoms with van der Waals surface area (Å²) in [6.45, 7) is 4.08. The lowest BCUT2D eigenvalue weighted by atomic mass is 9.93. The van der Waals surface area contributed by atoms with Gasteiger partial charge in [-0.15, -0.1) is 0 Å². The molecule has 3 N–H and O–H groups in total. The summed E-state index contributed by atoms with van der Waals surface area (Å²) in [4.78, 5) is 0. The Morgan fingerprint density at radius 1 is 1.31 bits per heavy atom. The number of rotatable bonds is 4. The number of nitrogens with two attached hydrogens (primary N) is 1. The van der Waals surface area contributed by atoms with E-state index in [0.717, 1.165) is 11.5 Å². The van der Waals surface area contributed by atoms with Crippen LogP contribution in [0.15, 0.2) is 24.3 Å². The van der Waals surface area contributed by atoms with E-state index in [0.29, 0.717) is 5.92 Å². The molecule has 0 spiro atoms. The van der Waals surface area contributed by atoms with Crippen molar-refractivity contribution in [2.75, 3.05) is 0 Å². The summed E-state index contributed by atoms with van der Waals surface area (Å²) in [7, 11) is 0. The van der Waals surface area contributed by atoms with Crippen LogP contribution in [0.2, 0.25) is 0 Å². The first-order valence-corrected chi connectivity index (χ1v) is 6.13. The van der Waals surface area contributed by atoms with E-state index < -0.39 is 6.10 Å². The maximum atomic E-state index is 10.2. The fourth-order valence-electron chi connectivity index (χ4n) is 2.00. The molecular formula is C14H21NO. The molecule has 0 radical (unpaired) electrons. The van der Waals surface area contributed by atoms with Crippen molar-refractivity contribution in [3.63, 3.8) is 0 Å². The van der Waals surface area contributed by atoms with Gasteiger partial charge in [0.05, 0.1) is 6.10 Å². The third-order valence-electron chi connectivity index (χ3n) is 3.44. The first kappa shape index (κ1) is 11.6. The van der Waals surface area contributed by atoms with Crippen LogP contribution in [0.4, 0.5) is 0 Å². The molecule has 1 aliphatic rings. The van der Waals surface area contributed by atoms with Crippen molar-refractivity contribution in [3.05, 3.63) is 35.4 Å². The van der Waals surface area contributed by atoms with Crippen molar-refractivity contribution in [2.45, 2.75) is 44.8 Å². The largest absolute Gasteiger partial charge is 0.387 e. The summed E-state index contributed by atoms with van der Waals surface area (Å²) in [5.74, 6) is 1.02. The Morgan fingerprint density at radius 2 is 2.00 bits per heavy atom. The van der Waals surface area contributed by atoms with Gasteiger partial charge in [0.2, 0.25) is 0 Å². The van der Waals surface area contributed by atoms with Gasteiger partial charge < -0.3 is 10.8 Å². The van der Waals surface area contributed by atoms with Crippen LogP contribution in [0, 0.1) is 5.92 Å². The fraction of sp³-hybridized carbons (Fsp3) is 0.571. The zero-order chi connectivity index (χ0) is 11.7. The molecule has 2 unspecified atom stereocenters. The summed E-state index contributed by atoms with van der Waals surface area (Å²) < 4.78 is 0. The Morgan fingerprint density at radius 3 is 2.56 bits per heavy atom. The number of aliphatic hydroxyl groups excluding tert-OH is 1. The molecule has 2 rings (SSSR count). The van der Waals surface area contributed by atoms with E-state index in [4.69, 9.17) is 5.73 Å². The van der Waals surface area contributed by atoms with Crippen LogP contribution in [0.25, 0.3) is 0 Å². The third-order valence-corrected chi connectivity index (χ3v) is 3.44. The molecule has 2 atom stereocenters. The number of aliphatic hydroxyl groups is 1. The van der Waals surface area contributed by atoms with E-state index in [1.165, 1.54) is 18.4 Å². The van der Waals surface area contributed by atoms with Crippen molar-refractivity contribution in [1.82, 2.24) is 0 Å². The van der Waals surface area contributed by atoms with Gasteiger partial charge in [0.1, 0.15) is 0 Å². The predicted molar refractivity (Wildman–Crippen MR) is 66.2 cm³/mol. The van der Waals surface area contributed by atoms with Gasteiger partial charge >= 0.3 is 0 Å². The Kier molecular flexibility index (Phi) is 3.31. The zero-order valence-corrected chi connectivity index (χ0v) is 10.1. The Bertz CT molecular complexity index is 358. The average molecular weight is 219 g/mol. The molecule has 0 amide bonds. The molecule has 0 bridgehead atoms. The van der Waals surface area contributed by atoms with E-state index in [2.05, 4.69) is 12.1 Å². The van der Waals surface area contributed by atoms with Crippen LogP contribution < -0.4 is 5.73 Å². The van der Waals surface area contributed by atoms with Gasteiger partial charge in [-0.05, 0) is 35.8 Å². The normalized spacial score (nSPS) is 19.8. The smallest absolute Gasteiger partial charge is 0.0943 e. The van der Waals surface area contributed by atoms with Crippen molar-refractivity contribution in [1.29, 1.82) is 0 Å². The maximum absolute atomic E-state index is 10.2. The Labute approximate surface area is 97.5 Å². The highest BCUT2D eigenvalue weighted by Crippen LogP contribution is 2.40. The van der Waals surface area contributed by atoms with E-state index in [1.54, 1.807) is 0 Å². The summed E-state index contributed by atoms with van der Waals surface area (Å²) in [6, 6.07) is 8.08. The van der Waals surface area contributed by atoms with Crippen molar-refractivity contribution < 1.29 is 5.11 Å². The summed E-state index contributed by atoms with van der Waals surface area (Å²) in [5, 5.41) is 10.2. The van der Waals surface area contributed by atoms with Crippen LogP contribution >= 0.6 is 0 Å². The van der Waals surface area contributed by atoms with E-state index in [1.807, 2.05) is 26.0 Å². The molecule has 1 saturated carbocycles. The monoisotopic (exact) mass is 219 g/mol. The molecule has 88 valence electrons. The second-order valence-electron chi connectivity index (χ2n) is 5.21. The Balaban J connectivity index is 2.15. The first-order valence-electron chi connectivity index (χ1n) is 6.13. The maximum Gasteiger partial charge on any atom is 0.0943 e. The number of hydrogen-bond acceptors (Lipinski definition) is 2. The van der Waals surface area contributed by atoms with Crippen molar-refractivity contribution in [2.24, 2.45) is 11.7 Å². The lowest BCUT2D eigenvalue weighted by Gasteiger charge is -2.22. The molecular weight excluding hydrogens is 198 g/mol. The number of hydrogen-bond donors (Lipinski definition) is 2. The lowest BCUT2D eigenvalue weighted by molar-refractivity contribution is 0.125. The van der Waals surface area contributed by atoms with Crippen LogP contribution in [0.3, 0.4) is 0 Å². The molecule has 16 heavy (non-hydrogen) atoms. The molecule has 1 aromatic carbocycles. The fourth-order valence-corrected chi connectivity index (χ4v) is 2.00. The van der Waals surface area contributed by atoms with Gasteiger partial charge in [0.25, 0.3) is 0 Å². The van der Waals surface area contributed by atoms with Gasteiger partial charge in [-0.1, -0.05) is 38.1 Å². The standard InChI is InChI=1S/C14H21NO/c1-9(2)13(15)14(16)12-5-3-4-11(8-12)10-6-7-10/h3-5,8-10,13-14,16H,6-7,15H2,1-2H3. The highest BCUT2D eigenvalue weighted by atomic mass is 16.3.